The Morgan fingerprint density at radius 3 is 2.39 bits per heavy atom. The summed E-state index contributed by atoms with van der Waals surface area (Å²) in [7, 11) is 1.57. The molecule has 2 unspecified atom stereocenters. The Hall–Kier alpha value is -3.68. The van der Waals surface area contributed by atoms with E-state index in [1.807, 2.05) is 19.1 Å². The first-order valence-electron chi connectivity index (χ1n) is 12.4. The van der Waals surface area contributed by atoms with Crippen LogP contribution < -0.4 is 20.9 Å². The van der Waals surface area contributed by atoms with Crippen LogP contribution in [0.1, 0.15) is 61.5 Å². The number of carbonyl (C=O) groups excluding carboxylic acids is 3. The maximum absolute atomic E-state index is 13.5. The second-order valence-electron chi connectivity index (χ2n) is 9.95. The van der Waals surface area contributed by atoms with Crippen LogP contribution in [0, 0.1) is 5.41 Å². The Bertz CT molecular complexity index is 1210. The van der Waals surface area contributed by atoms with Crippen molar-refractivity contribution in [3.8, 4) is 5.75 Å². The van der Waals surface area contributed by atoms with E-state index in [2.05, 4.69) is 21.7 Å². The van der Waals surface area contributed by atoms with Crippen LogP contribution in [0.2, 0.25) is 0 Å². The minimum absolute atomic E-state index is 0.0468. The number of rotatable bonds is 11. The lowest BCUT2D eigenvalue weighted by Crippen LogP contribution is -2.53. The Morgan fingerprint density at radius 2 is 1.78 bits per heavy atom. The second-order valence-corrected chi connectivity index (χ2v) is 9.95. The first-order valence-corrected chi connectivity index (χ1v) is 12.4. The van der Waals surface area contributed by atoms with Crippen LogP contribution >= 0.6 is 0 Å². The minimum atomic E-state index is -0.950. The highest BCUT2D eigenvalue weighted by Gasteiger charge is 2.48. The number of H-pyrrole nitrogens is 1. The number of allylic oxidation sites excluding steroid dienone is 1. The highest BCUT2D eigenvalue weighted by atomic mass is 16.5. The van der Waals surface area contributed by atoms with Gasteiger partial charge in [-0.2, -0.15) is 0 Å². The molecule has 2 amide bonds. The van der Waals surface area contributed by atoms with Crippen molar-refractivity contribution in [1.29, 1.82) is 0 Å². The number of ketones is 1. The molecule has 3 N–H and O–H groups in total. The summed E-state index contributed by atoms with van der Waals surface area (Å²) in [5.41, 5.74) is 1.26. The van der Waals surface area contributed by atoms with Gasteiger partial charge in [0.1, 0.15) is 17.5 Å². The summed E-state index contributed by atoms with van der Waals surface area (Å²) >= 11 is 0. The third-order valence-corrected chi connectivity index (χ3v) is 7.06. The SMILES string of the molecule is COc1ccc(CC(NC(=O)c2cccc(=O)[nH]2)C(=O)NC(CC2=CCCC2)C(=O)C2(C)CC2)cc1. The van der Waals surface area contributed by atoms with Gasteiger partial charge in [0.15, 0.2) is 5.78 Å². The van der Waals surface area contributed by atoms with Crippen molar-refractivity contribution in [3.05, 3.63) is 75.7 Å². The van der Waals surface area contributed by atoms with Crippen molar-refractivity contribution >= 4 is 17.6 Å². The van der Waals surface area contributed by atoms with Crippen LogP contribution in [0.3, 0.4) is 0 Å². The number of pyridine rings is 1. The molecule has 4 rings (SSSR count). The molecule has 1 aromatic heterocycles. The van der Waals surface area contributed by atoms with Crippen molar-refractivity contribution in [3.63, 3.8) is 0 Å². The molecule has 0 spiro atoms. The number of aromatic nitrogens is 1. The molecule has 0 saturated heterocycles. The molecule has 1 fully saturated rings. The van der Waals surface area contributed by atoms with Gasteiger partial charge in [-0.05, 0) is 62.3 Å². The Labute approximate surface area is 210 Å². The van der Waals surface area contributed by atoms with Crippen LogP contribution in [0.4, 0.5) is 0 Å². The molecule has 2 aliphatic carbocycles. The number of aromatic amines is 1. The smallest absolute Gasteiger partial charge is 0.268 e. The Kier molecular flexibility index (Phi) is 7.72. The largest absolute Gasteiger partial charge is 0.497 e. The van der Waals surface area contributed by atoms with Gasteiger partial charge < -0.3 is 20.4 Å². The third kappa shape index (κ3) is 6.30. The zero-order valence-corrected chi connectivity index (χ0v) is 20.8. The first-order chi connectivity index (χ1) is 17.3. The van der Waals surface area contributed by atoms with Gasteiger partial charge >= 0.3 is 0 Å². The van der Waals surface area contributed by atoms with E-state index in [0.717, 1.165) is 37.7 Å². The number of amides is 2. The predicted molar refractivity (Wildman–Crippen MR) is 136 cm³/mol. The minimum Gasteiger partial charge on any atom is -0.497 e. The van der Waals surface area contributed by atoms with Crippen molar-refractivity contribution in [2.24, 2.45) is 5.41 Å². The van der Waals surface area contributed by atoms with Gasteiger partial charge in [0.2, 0.25) is 11.5 Å². The molecule has 190 valence electrons. The quantitative estimate of drug-likeness (QED) is 0.418. The average Bonchev–Trinajstić information content (AvgIpc) is 3.41. The van der Waals surface area contributed by atoms with Gasteiger partial charge in [-0.15, -0.1) is 0 Å². The van der Waals surface area contributed by atoms with E-state index in [-0.39, 0.29) is 17.9 Å². The number of benzene rings is 1. The summed E-state index contributed by atoms with van der Waals surface area (Å²) in [5.74, 6) is -0.278. The molecule has 2 aromatic rings. The van der Waals surface area contributed by atoms with E-state index in [1.165, 1.54) is 23.8 Å². The number of nitrogens with one attached hydrogen (secondary N) is 3. The highest BCUT2D eigenvalue weighted by molar-refractivity contribution is 5.99. The fourth-order valence-corrected chi connectivity index (χ4v) is 4.54. The zero-order valence-electron chi connectivity index (χ0n) is 20.8. The Morgan fingerprint density at radius 1 is 1.03 bits per heavy atom. The maximum atomic E-state index is 13.5. The lowest BCUT2D eigenvalue weighted by molar-refractivity contribution is -0.131. The molecule has 1 aromatic carbocycles. The van der Waals surface area contributed by atoms with Gasteiger partial charge in [-0.25, -0.2) is 0 Å². The summed E-state index contributed by atoms with van der Waals surface area (Å²) in [6.45, 7) is 1.94. The van der Waals surface area contributed by atoms with Crippen LogP contribution in [0.5, 0.6) is 5.75 Å². The molecule has 1 saturated carbocycles. The lowest BCUT2D eigenvalue weighted by atomic mass is 9.91. The third-order valence-electron chi connectivity index (χ3n) is 7.06. The number of carbonyl (C=O) groups is 3. The number of hydrogen-bond donors (Lipinski definition) is 3. The average molecular weight is 492 g/mol. The Balaban J connectivity index is 1.55. The van der Waals surface area contributed by atoms with Gasteiger partial charge in [0, 0.05) is 17.9 Å². The number of ether oxygens (including phenoxy) is 1. The molecule has 36 heavy (non-hydrogen) atoms. The fourth-order valence-electron chi connectivity index (χ4n) is 4.54. The van der Waals surface area contributed by atoms with Gasteiger partial charge in [-0.1, -0.05) is 36.8 Å². The first kappa shape index (κ1) is 25.4. The summed E-state index contributed by atoms with van der Waals surface area (Å²) in [5, 5.41) is 5.71. The van der Waals surface area contributed by atoms with Crippen LogP contribution in [-0.2, 0) is 16.0 Å². The van der Waals surface area contributed by atoms with Gasteiger partial charge in [0.05, 0.1) is 13.2 Å². The van der Waals surface area contributed by atoms with E-state index in [9.17, 15) is 19.2 Å². The number of methoxy groups -OCH3 is 1. The molecule has 2 atom stereocenters. The molecule has 2 aliphatic rings. The topological polar surface area (TPSA) is 117 Å². The van der Waals surface area contributed by atoms with Crippen LogP contribution in [0.15, 0.2) is 58.9 Å². The van der Waals surface area contributed by atoms with Gasteiger partial charge in [0.25, 0.3) is 5.91 Å². The molecular weight excluding hydrogens is 458 g/mol. The van der Waals surface area contributed by atoms with Crippen molar-refractivity contribution < 1.29 is 19.1 Å². The van der Waals surface area contributed by atoms with Crippen molar-refractivity contribution in [2.75, 3.05) is 7.11 Å². The monoisotopic (exact) mass is 491 g/mol. The predicted octanol–water partition coefficient (Wildman–Crippen LogP) is 3.08. The molecule has 1 heterocycles. The van der Waals surface area contributed by atoms with E-state index < -0.39 is 34.9 Å². The number of Topliss-reactive ketones (excluding diaryl/α,β-unsaturated/α-hetero) is 1. The van der Waals surface area contributed by atoms with E-state index in [0.29, 0.717) is 12.2 Å². The standard InChI is InChI=1S/C28H33N3O5/c1-28(14-15-28)25(33)22(16-18-6-3-4-7-18)30-27(35)23(17-19-10-12-20(36-2)13-11-19)31-26(34)21-8-5-9-24(32)29-21/h5-6,8-13,22-23H,3-4,7,14-17H2,1-2H3,(H,29,32)(H,30,35)(H,31,34). The van der Waals surface area contributed by atoms with Gasteiger partial charge in [-0.3, -0.25) is 19.2 Å². The molecular formula is C28H33N3O5. The molecule has 0 radical (unpaired) electrons. The second kappa shape index (κ2) is 10.9. The van der Waals surface area contributed by atoms with E-state index in [4.69, 9.17) is 4.74 Å². The summed E-state index contributed by atoms with van der Waals surface area (Å²) < 4.78 is 5.21. The van der Waals surface area contributed by atoms with E-state index in [1.54, 1.807) is 19.2 Å². The van der Waals surface area contributed by atoms with E-state index >= 15 is 0 Å². The van der Waals surface area contributed by atoms with Crippen molar-refractivity contribution in [1.82, 2.24) is 15.6 Å². The summed E-state index contributed by atoms with van der Waals surface area (Å²) in [4.78, 5) is 53.9. The fraction of sp³-hybridized carbons (Fsp3) is 0.429. The molecule has 0 bridgehead atoms. The molecule has 8 nitrogen and oxygen atoms in total. The van der Waals surface area contributed by atoms with Crippen LogP contribution in [-0.4, -0.2) is 41.8 Å². The normalized spacial score (nSPS) is 17.4. The number of hydrogen-bond acceptors (Lipinski definition) is 5. The van der Waals surface area contributed by atoms with Crippen molar-refractivity contribution in [2.45, 2.75) is 64.0 Å². The zero-order chi connectivity index (χ0) is 25.7. The molecule has 0 aliphatic heterocycles. The molecule has 8 heteroatoms. The maximum Gasteiger partial charge on any atom is 0.268 e. The lowest BCUT2D eigenvalue weighted by Gasteiger charge is -2.25. The van der Waals surface area contributed by atoms with Crippen LogP contribution in [0.25, 0.3) is 0 Å². The summed E-state index contributed by atoms with van der Waals surface area (Å²) in [6.07, 6.45) is 7.50. The summed E-state index contributed by atoms with van der Waals surface area (Å²) in [6, 6.07) is 9.90. The highest BCUT2D eigenvalue weighted by Crippen LogP contribution is 2.47.